The van der Waals surface area contributed by atoms with Crippen LogP contribution in [-0.4, -0.2) is 18.0 Å². The maximum Gasteiger partial charge on any atom is 0.166 e. The lowest BCUT2D eigenvalue weighted by Gasteiger charge is -2.28. The first-order valence-electron chi connectivity index (χ1n) is 9.48. The standard InChI is InChI=1S/C23H24O2/c1-23(2)20-6-4-3-5-18(20)19-10-7-14(13-21(19)23)22(24)15-11-16-8-9-17(12-15)25-16/h3-7,10,13,15-17H,8-9,11-12H2,1-2H3. The molecule has 1 aliphatic carbocycles. The molecule has 0 aromatic heterocycles. The fourth-order valence-electron chi connectivity index (χ4n) is 5.17. The van der Waals surface area contributed by atoms with E-state index in [0.29, 0.717) is 18.0 Å². The summed E-state index contributed by atoms with van der Waals surface area (Å²) >= 11 is 0. The van der Waals surface area contributed by atoms with Gasteiger partial charge in [-0.2, -0.15) is 0 Å². The van der Waals surface area contributed by atoms with Gasteiger partial charge < -0.3 is 4.74 Å². The first-order valence-corrected chi connectivity index (χ1v) is 9.48. The van der Waals surface area contributed by atoms with Gasteiger partial charge in [0.05, 0.1) is 12.2 Å². The van der Waals surface area contributed by atoms with E-state index in [1.165, 1.54) is 22.3 Å². The Kier molecular flexibility index (Phi) is 3.24. The van der Waals surface area contributed by atoms with Crippen LogP contribution in [0.15, 0.2) is 42.5 Å². The highest BCUT2D eigenvalue weighted by atomic mass is 16.5. The van der Waals surface area contributed by atoms with E-state index in [2.05, 4.69) is 50.2 Å². The van der Waals surface area contributed by atoms with Gasteiger partial charge in [0.1, 0.15) is 0 Å². The molecule has 2 aromatic carbocycles. The van der Waals surface area contributed by atoms with Crippen LogP contribution < -0.4 is 0 Å². The smallest absolute Gasteiger partial charge is 0.166 e. The second-order valence-corrected chi connectivity index (χ2v) is 8.42. The molecule has 5 rings (SSSR count). The van der Waals surface area contributed by atoms with Crippen molar-refractivity contribution >= 4 is 5.78 Å². The van der Waals surface area contributed by atoms with Gasteiger partial charge in [-0.1, -0.05) is 50.2 Å². The predicted molar refractivity (Wildman–Crippen MR) is 99.0 cm³/mol. The summed E-state index contributed by atoms with van der Waals surface area (Å²) in [7, 11) is 0. The van der Waals surface area contributed by atoms with Crippen molar-refractivity contribution in [3.63, 3.8) is 0 Å². The van der Waals surface area contributed by atoms with Crippen molar-refractivity contribution in [1.82, 2.24) is 0 Å². The van der Waals surface area contributed by atoms with Gasteiger partial charge in [0.2, 0.25) is 0 Å². The number of benzene rings is 2. The van der Waals surface area contributed by atoms with E-state index in [-0.39, 0.29) is 11.3 Å². The maximum absolute atomic E-state index is 13.1. The Hall–Kier alpha value is -1.93. The lowest BCUT2D eigenvalue weighted by Crippen LogP contribution is -2.30. The molecule has 2 aliphatic heterocycles. The Labute approximate surface area is 149 Å². The van der Waals surface area contributed by atoms with Crippen molar-refractivity contribution in [1.29, 1.82) is 0 Å². The normalized spacial score (nSPS) is 28.5. The van der Waals surface area contributed by atoms with E-state index in [4.69, 9.17) is 4.74 Å². The third-order valence-corrected chi connectivity index (χ3v) is 6.53. The molecule has 2 heteroatoms. The molecule has 2 heterocycles. The summed E-state index contributed by atoms with van der Waals surface area (Å²) in [5, 5.41) is 0. The molecule has 2 nitrogen and oxygen atoms in total. The second kappa shape index (κ2) is 5.28. The summed E-state index contributed by atoms with van der Waals surface area (Å²) in [4.78, 5) is 13.1. The van der Waals surface area contributed by atoms with Crippen LogP contribution in [0.2, 0.25) is 0 Å². The minimum Gasteiger partial charge on any atom is -0.375 e. The molecule has 128 valence electrons. The molecule has 0 amide bonds. The monoisotopic (exact) mass is 332 g/mol. The Morgan fingerprint density at radius 1 is 0.960 bits per heavy atom. The highest BCUT2D eigenvalue weighted by Gasteiger charge is 2.39. The van der Waals surface area contributed by atoms with Gasteiger partial charge in [-0.15, -0.1) is 0 Å². The van der Waals surface area contributed by atoms with Crippen LogP contribution in [0, 0.1) is 5.92 Å². The van der Waals surface area contributed by atoms with E-state index < -0.39 is 0 Å². The maximum atomic E-state index is 13.1. The molecule has 0 N–H and O–H groups in total. The number of carbonyl (C=O) groups is 1. The van der Waals surface area contributed by atoms with E-state index >= 15 is 0 Å². The molecule has 25 heavy (non-hydrogen) atoms. The van der Waals surface area contributed by atoms with Gasteiger partial charge in [0.15, 0.2) is 5.78 Å². The molecule has 0 spiro atoms. The van der Waals surface area contributed by atoms with E-state index in [0.717, 1.165) is 31.2 Å². The topological polar surface area (TPSA) is 26.3 Å². The highest BCUT2D eigenvalue weighted by Crippen LogP contribution is 2.49. The van der Waals surface area contributed by atoms with Crippen LogP contribution in [0.5, 0.6) is 0 Å². The molecule has 0 saturated carbocycles. The number of fused-ring (bicyclic) bond motifs is 5. The Balaban J connectivity index is 1.52. The number of hydrogen-bond acceptors (Lipinski definition) is 2. The highest BCUT2D eigenvalue weighted by molar-refractivity contribution is 5.99. The molecular weight excluding hydrogens is 308 g/mol. The van der Waals surface area contributed by atoms with Crippen molar-refractivity contribution in [2.24, 2.45) is 5.92 Å². The first kappa shape index (κ1) is 15.3. The van der Waals surface area contributed by atoms with Gasteiger partial charge in [0.25, 0.3) is 0 Å². The first-order chi connectivity index (χ1) is 12.0. The summed E-state index contributed by atoms with van der Waals surface area (Å²) in [6, 6.07) is 15.0. The summed E-state index contributed by atoms with van der Waals surface area (Å²) in [6.45, 7) is 4.53. The molecule has 0 radical (unpaired) electrons. The summed E-state index contributed by atoms with van der Waals surface area (Å²) in [5.74, 6) is 0.450. The van der Waals surface area contributed by atoms with Crippen LogP contribution in [-0.2, 0) is 10.2 Å². The molecule has 2 aromatic rings. The summed E-state index contributed by atoms with van der Waals surface area (Å²) < 4.78 is 5.91. The van der Waals surface area contributed by atoms with E-state index in [9.17, 15) is 4.79 Å². The third-order valence-electron chi connectivity index (χ3n) is 6.53. The fraction of sp³-hybridized carbons (Fsp3) is 0.435. The molecule has 2 atom stereocenters. The Bertz CT molecular complexity index is 852. The van der Waals surface area contributed by atoms with Crippen molar-refractivity contribution in [2.45, 2.75) is 57.2 Å². The van der Waals surface area contributed by atoms with Gasteiger partial charge in [-0.25, -0.2) is 0 Å². The number of carbonyl (C=O) groups excluding carboxylic acids is 1. The van der Waals surface area contributed by atoms with Gasteiger partial charge >= 0.3 is 0 Å². The predicted octanol–water partition coefficient (Wildman–Crippen LogP) is 5.13. The van der Waals surface area contributed by atoms with Crippen molar-refractivity contribution in [2.75, 3.05) is 0 Å². The lowest BCUT2D eigenvalue weighted by atomic mass is 9.80. The quantitative estimate of drug-likeness (QED) is 0.712. The molecule has 2 saturated heterocycles. The Morgan fingerprint density at radius 3 is 2.40 bits per heavy atom. The van der Waals surface area contributed by atoms with Crippen molar-refractivity contribution in [3.8, 4) is 11.1 Å². The summed E-state index contributed by atoms with van der Waals surface area (Å²) in [5.41, 5.74) is 6.07. The average Bonchev–Trinajstić information content (AvgIpc) is 3.08. The lowest BCUT2D eigenvalue weighted by molar-refractivity contribution is -0.0149. The van der Waals surface area contributed by atoms with Gasteiger partial charge in [0, 0.05) is 16.9 Å². The molecular formula is C23H24O2. The van der Waals surface area contributed by atoms with Crippen LogP contribution in [0.1, 0.15) is 61.0 Å². The minimum absolute atomic E-state index is 0.0447. The largest absolute Gasteiger partial charge is 0.375 e. The number of Topliss-reactive ketones (excluding diaryl/α,β-unsaturated/α-hetero) is 1. The second-order valence-electron chi connectivity index (χ2n) is 8.42. The molecule has 3 aliphatic rings. The summed E-state index contributed by atoms with van der Waals surface area (Å²) in [6.07, 6.45) is 4.67. The molecule has 2 unspecified atom stereocenters. The SMILES string of the molecule is CC1(C)c2ccccc2-c2ccc(C(=O)C3CC4CCC(C3)O4)cc21. The fourth-order valence-corrected chi connectivity index (χ4v) is 5.17. The zero-order valence-corrected chi connectivity index (χ0v) is 14.9. The number of ketones is 1. The molecule has 2 bridgehead atoms. The number of ether oxygens (including phenoxy) is 1. The molecule has 2 fully saturated rings. The van der Waals surface area contributed by atoms with Crippen LogP contribution in [0.4, 0.5) is 0 Å². The average molecular weight is 332 g/mol. The van der Waals surface area contributed by atoms with E-state index in [1.807, 2.05) is 6.07 Å². The third kappa shape index (κ3) is 2.23. The van der Waals surface area contributed by atoms with Crippen molar-refractivity contribution in [3.05, 3.63) is 59.2 Å². The zero-order chi connectivity index (χ0) is 17.2. The number of hydrogen-bond donors (Lipinski definition) is 0. The number of rotatable bonds is 2. The zero-order valence-electron chi connectivity index (χ0n) is 14.9. The van der Waals surface area contributed by atoms with Crippen LogP contribution in [0.25, 0.3) is 11.1 Å². The van der Waals surface area contributed by atoms with Crippen molar-refractivity contribution < 1.29 is 9.53 Å². The van der Waals surface area contributed by atoms with Gasteiger partial charge in [-0.3, -0.25) is 4.79 Å². The minimum atomic E-state index is -0.0447. The van der Waals surface area contributed by atoms with E-state index in [1.54, 1.807) is 0 Å². The Morgan fingerprint density at radius 2 is 1.64 bits per heavy atom. The van der Waals surface area contributed by atoms with Crippen LogP contribution >= 0.6 is 0 Å². The van der Waals surface area contributed by atoms with Gasteiger partial charge in [-0.05, 0) is 54.0 Å². The van der Waals surface area contributed by atoms with Crippen LogP contribution in [0.3, 0.4) is 0 Å².